The number of aromatic nitrogens is 10. The highest BCUT2D eigenvalue weighted by atomic mass is 35.5. The zero-order valence-corrected chi connectivity index (χ0v) is 34.9. The third-order valence-corrected chi connectivity index (χ3v) is 8.94. The standard InChI is InChI=1S/C22H22N8O.C17H17ClN6O.2H2S/c1-13(16-5-4-6-17-20(16)29-12-30-21(17)22(31)23-3)8-26-19-7-18(27-11-28-19)15-9-24-14(2)25-10-15;1-10(7-20-14-6-13(18)21-8-22-14)11-4-3-5-12-15(11)23-9-24-16(12)17(25)19-2;;/h4-7,9-13H,8H2,1-3H3,(H,23,31)(H,26,27,28);3-6,8-10H,7H2,1-2H3,(H,19,25)(H,20,21,22);2*1H2/t13-;10-;;/m11../s1/i9D,10D;;;. The molecule has 7 rings (SSSR count). The Hall–Kier alpha value is -6.11. The number of hydrogen-bond acceptors (Lipinski definition) is 14. The molecular weight excluding hydrogens is 796 g/mol. The van der Waals surface area contributed by atoms with Crippen LogP contribution in [0.5, 0.6) is 0 Å². The molecule has 0 spiro atoms. The largest absolute Gasteiger partial charge is 0.369 e. The lowest BCUT2D eigenvalue weighted by Crippen LogP contribution is -2.20. The minimum Gasteiger partial charge on any atom is -0.369 e. The molecule has 0 radical (unpaired) electrons. The van der Waals surface area contributed by atoms with Crippen LogP contribution in [-0.4, -0.2) is 88.8 Å². The van der Waals surface area contributed by atoms with Gasteiger partial charge in [-0.15, -0.1) is 0 Å². The summed E-state index contributed by atoms with van der Waals surface area (Å²) in [6.07, 6.45) is 5.51. The molecule has 58 heavy (non-hydrogen) atoms. The summed E-state index contributed by atoms with van der Waals surface area (Å²) in [5.41, 5.74) is 4.85. The number of para-hydroxylation sites is 2. The lowest BCUT2D eigenvalue weighted by Gasteiger charge is -2.16. The van der Waals surface area contributed by atoms with Crippen molar-refractivity contribution < 1.29 is 12.3 Å². The van der Waals surface area contributed by atoms with Crippen molar-refractivity contribution in [1.82, 2.24) is 60.5 Å². The maximum absolute atomic E-state index is 12.2. The monoisotopic (exact) mass is 840 g/mol. The van der Waals surface area contributed by atoms with Crippen molar-refractivity contribution in [2.45, 2.75) is 32.6 Å². The van der Waals surface area contributed by atoms with E-state index in [4.69, 9.17) is 14.3 Å². The van der Waals surface area contributed by atoms with E-state index in [2.05, 4.69) is 78.0 Å². The molecule has 19 heteroatoms. The third kappa shape index (κ3) is 10.6. The third-order valence-electron chi connectivity index (χ3n) is 8.73. The average Bonchev–Trinajstić information content (AvgIpc) is 3.23. The highest BCUT2D eigenvalue weighted by molar-refractivity contribution is 7.59. The van der Waals surface area contributed by atoms with E-state index in [1.165, 1.54) is 25.3 Å². The van der Waals surface area contributed by atoms with Crippen LogP contribution in [0.25, 0.3) is 33.1 Å². The molecule has 0 aliphatic rings. The number of aryl methyl sites for hydroxylation is 1. The molecule has 5 heterocycles. The SMILES string of the molecule is CNC(=O)c1ncnc2c([C@H](C)CNc3cc(Cl)ncn3)cccc12.S.S.[2H]c1nc(C)nc([2H])c1-c1cc(NC[C@@H](C)c2cccc3c(C(=O)NC)ncnc23)ncn1. The van der Waals surface area contributed by atoms with E-state index in [1.807, 2.05) is 43.3 Å². The molecule has 2 atom stereocenters. The van der Waals surface area contributed by atoms with Gasteiger partial charge in [-0.05, 0) is 18.1 Å². The maximum Gasteiger partial charge on any atom is 0.270 e. The molecule has 300 valence electrons. The highest BCUT2D eigenvalue weighted by Gasteiger charge is 2.18. The normalized spacial score (nSPS) is 12.0. The van der Waals surface area contributed by atoms with Gasteiger partial charge in [-0.3, -0.25) is 9.59 Å². The quantitative estimate of drug-likeness (QED) is 0.116. The van der Waals surface area contributed by atoms with Gasteiger partial charge < -0.3 is 21.3 Å². The zero-order valence-electron chi connectivity index (χ0n) is 34.2. The van der Waals surface area contributed by atoms with E-state index in [0.29, 0.717) is 58.2 Å². The zero-order chi connectivity index (χ0) is 41.3. The van der Waals surface area contributed by atoms with Crippen LogP contribution in [-0.2, 0) is 0 Å². The molecule has 0 saturated heterocycles. The molecule has 4 N–H and O–H groups in total. The summed E-state index contributed by atoms with van der Waals surface area (Å²) in [6.45, 7) is 6.92. The van der Waals surface area contributed by atoms with Crippen LogP contribution in [0, 0.1) is 6.92 Å². The second-order valence-electron chi connectivity index (χ2n) is 12.5. The maximum atomic E-state index is 12.2. The fourth-order valence-electron chi connectivity index (χ4n) is 5.81. The summed E-state index contributed by atoms with van der Waals surface area (Å²) < 4.78 is 16.2. The smallest absolute Gasteiger partial charge is 0.270 e. The molecule has 0 bridgehead atoms. The lowest BCUT2D eigenvalue weighted by atomic mass is 9.97. The van der Waals surface area contributed by atoms with Gasteiger partial charge >= 0.3 is 0 Å². The number of carbonyl (C=O) groups is 2. The van der Waals surface area contributed by atoms with Crippen molar-refractivity contribution in [2.24, 2.45) is 0 Å². The summed E-state index contributed by atoms with van der Waals surface area (Å²) in [4.78, 5) is 65.7. The van der Waals surface area contributed by atoms with Gasteiger partial charge in [0.2, 0.25) is 0 Å². The van der Waals surface area contributed by atoms with Crippen LogP contribution >= 0.6 is 38.6 Å². The van der Waals surface area contributed by atoms with Crippen LogP contribution in [0.15, 0.2) is 86.2 Å². The van der Waals surface area contributed by atoms with Crippen molar-refractivity contribution in [1.29, 1.82) is 0 Å². The van der Waals surface area contributed by atoms with Gasteiger partial charge in [0, 0.05) is 79.8 Å². The lowest BCUT2D eigenvalue weighted by molar-refractivity contribution is 0.0952. The number of nitrogens with zero attached hydrogens (tertiary/aromatic N) is 10. The first kappa shape index (κ1) is 41.5. The fraction of sp³-hybridized carbons (Fsp3) is 0.231. The van der Waals surface area contributed by atoms with E-state index in [-0.39, 0.29) is 68.6 Å². The number of hydrogen-bond donors (Lipinski definition) is 4. The Balaban J connectivity index is 0.000000265. The van der Waals surface area contributed by atoms with Crippen LogP contribution < -0.4 is 21.3 Å². The van der Waals surface area contributed by atoms with E-state index in [0.717, 1.165) is 27.5 Å². The first-order valence-corrected chi connectivity index (χ1v) is 17.9. The molecule has 0 fully saturated rings. The summed E-state index contributed by atoms with van der Waals surface area (Å²) in [6, 6.07) is 14.8. The predicted octanol–water partition coefficient (Wildman–Crippen LogP) is 5.63. The second-order valence-corrected chi connectivity index (χ2v) is 12.9. The first-order chi connectivity index (χ1) is 28.0. The summed E-state index contributed by atoms with van der Waals surface area (Å²) in [5.74, 6) is 1.24. The van der Waals surface area contributed by atoms with Crippen LogP contribution in [0.4, 0.5) is 11.6 Å². The second kappa shape index (κ2) is 20.9. The predicted molar refractivity (Wildman–Crippen MR) is 235 cm³/mol. The van der Waals surface area contributed by atoms with Gasteiger partial charge in [0.25, 0.3) is 11.8 Å². The Morgan fingerprint density at radius 2 is 1.12 bits per heavy atom. The summed E-state index contributed by atoms with van der Waals surface area (Å²) >= 11 is 5.87. The van der Waals surface area contributed by atoms with Crippen molar-refractivity contribution >= 4 is 83.8 Å². The van der Waals surface area contributed by atoms with Gasteiger partial charge in [0.15, 0.2) is 0 Å². The molecule has 0 unspecified atom stereocenters. The van der Waals surface area contributed by atoms with E-state index in [1.54, 1.807) is 33.2 Å². The van der Waals surface area contributed by atoms with Crippen molar-refractivity contribution in [2.75, 3.05) is 37.8 Å². The molecule has 0 saturated carbocycles. The Morgan fingerprint density at radius 1 is 0.655 bits per heavy atom. The van der Waals surface area contributed by atoms with Crippen molar-refractivity contribution in [3.63, 3.8) is 0 Å². The number of carbonyl (C=O) groups excluding carboxylic acids is 2. The molecule has 2 amide bonds. The molecule has 16 nitrogen and oxygen atoms in total. The van der Waals surface area contributed by atoms with Crippen LogP contribution in [0.2, 0.25) is 5.15 Å². The summed E-state index contributed by atoms with van der Waals surface area (Å²) in [5, 5.41) is 13.5. The Labute approximate surface area is 356 Å². The number of amides is 2. The number of nitrogens with one attached hydrogen (secondary N) is 4. The highest BCUT2D eigenvalue weighted by Crippen LogP contribution is 2.27. The van der Waals surface area contributed by atoms with Crippen molar-refractivity contribution in [3.8, 4) is 11.3 Å². The molecule has 0 aliphatic carbocycles. The first-order valence-electron chi connectivity index (χ1n) is 18.5. The van der Waals surface area contributed by atoms with Gasteiger partial charge in [-0.25, -0.2) is 49.8 Å². The van der Waals surface area contributed by atoms with E-state index < -0.39 is 0 Å². The number of halogens is 1. The number of anilines is 2. The fourth-order valence-corrected chi connectivity index (χ4v) is 5.96. The Kier molecular flexibility index (Phi) is 14.9. The molecule has 0 aliphatic heterocycles. The van der Waals surface area contributed by atoms with Gasteiger partial charge in [-0.1, -0.05) is 61.8 Å². The van der Waals surface area contributed by atoms with Crippen LogP contribution in [0.3, 0.4) is 0 Å². The molecule has 7 aromatic rings. The minimum atomic E-state index is -0.263. The number of rotatable bonds is 11. The minimum absolute atomic E-state index is 0. The molecule has 2 aromatic carbocycles. The Morgan fingerprint density at radius 3 is 1.60 bits per heavy atom. The number of benzene rings is 2. The van der Waals surface area contributed by atoms with Gasteiger partial charge in [0.1, 0.15) is 59.3 Å². The molecule has 5 aromatic heterocycles. The topological polar surface area (TPSA) is 211 Å². The van der Waals surface area contributed by atoms with Gasteiger partial charge in [0.05, 0.1) is 19.5 Å². The Bertz CT molecular complexity index is 2610. The average molecular weight is 841 g/mol. The van der Waals surface area contributed by atoms with E-state index >= 15 is 0 Å². The van der Waals surface area contributed by atoms with Crippen molar-refractivity contribution in [3.05, 3.63) is 120 Å². The van der Waals surface area contributed by atoms with Gasteiger partial charge in [-0.2, -0.15) is 27.0 Å². The van der Waals surface area contributed by atoms with E-state index in [9.17, 15) is 9.59 Å². The molecular formula is C39H43ClN14O2S2. The van der Waals surface area contributed by atoms with Crippen LogP contribution in [0.1, 0.15) is 66.4 Å². The summed E-state index contributed by atoms with van der Waals surface area (Å²) in [7, 11) is 3.15. The number of fused-ring (bicyclic) bond motifs is 2.